The Labute approximate surface area is 186 Å². The molecule has 0 saturated heterocycles. The third-order valence-corrected chi connectivity index (χ3v) is 5.43. The smallest absolute Gasteiger partial charge is 0.407 e. The fourth-order valence-electron chi connectivity index (χ4n) is 3.90. The molecule has 0 saturated carbocycles. The van der Waals surface area contributed by atoms with Gasteiger partial charge in [-0.25, -0.2) is 4.79 Å². The third-order valence-electron chi connectivity index (χ3n) is 5.43. The van der Waals surface area contributed by atoms with Crippen LogP contribution in [-0.2, 0) is 19.1 Å². The van der Waals surface area contributed by atoms with Crippen LogP contribution in [0.3, 0.4) is 0 Å². The van der Waals surface area contributed by atoms with E-state index < -0.39 is 24.0 Å². The van der Waals surface area contributed by atoms with Crippen LogP contribution >= 0.6 is 0 Å². The second-order valence-electron chi connectivity index (χ2n) is 7.59. The highest BCUT2D eigenvalue weighted by molar-refractivity contribution is 5.86. The van der Waals surface area contributed by atoms with Gasteiger partial charge in [0.2, 0.25) is 5.91 Å². The van der Waals surface area contributed by atoms with E-state index in [-0.39, 0.29) is 25.5 Å². The zero-order chi connectivity index (χ0) is 22.9. The molecule has 2 amide bonds. The molecule has 2 aromatic carbocycles. The summed E-state index contributed by atoms with van der Waals surface area (Å²) < 4.78 is 10.5. The lowest BCUT2D eigenvalue weighted by molar-refractivity contribution is -0.137. The Morgan fingerprint density at radius 3 is 2.25 bits per heavy atom. The van der Waals surface area contributed by atoms with Crippen LogP contribution in [-0.4, -0.2) is 56.0 Å². The normalized spacial score (nSPS) is 13.0. The fourth-order valence-corrected chi connectivity index (χ4v) is 3.90. The maximum atomic E-state index is 12.5. The van der Waals surface area contributed by atoms with Gasteiger partial charge in [-0.05, 0) is 35.1 Å². The van der Waals surface area contributed by atoms with Crippen molar-refractivity contribution in [2.45, 2.75) is 31.2 Å². The Kier molecular flexibility index (Phi) is 8.21. The SMILES string of the molecule is COCCCC(NC(=O)OCC1c2ccccc2-c2ccccc21)C(=O)NCCC(=O)O. The van der Waals surface area contributed by atoms with Crippen molar-refractivity contribution in [3.05, 3.63) is 59.7 Å². The van der Waals surface area contributed by atoms with Crippen molar-refractivity contribution < 1.29 is 29.0 Å². The van der Waals surface area contributed by atoms with Crippen molar-refractivity contribution in [3.63, 3.8) is 0 Å². The molecule has 1 unspecified atom stereocenters. The molecule has 3 rings (SSSR count). The maximum Gasteiger partial charge on any atom is 0.407 e. The van der Waals surface area contributed by atoms with Gasteiger partial charge in [0.05, 0.1) is 6.42 Å². The number of ether oxygens (including phenoxy) is 2. The highest BCUT2D eigenvalue weighted by atomic mass is 16.5. The van der Waals surface area contributed by atoms with Gasteiger partial charge >= 0.3 is 12.1 Å². The molecule has 0 aromatic heterocycles. The number of hydrogen-bond donors (Lipinski definition) is 3. The molecule has 0 aliphatic heterocycles. The van der Waals surface area contributed by atoms with Gasteiger partial charge in [-0.1, -0.05) is 48.5 Å². The molecule has 2 aromatic rings. The van der Waals surface area contributed by atoms with Gasteiger partial charge < -0.3 is 25.2 Å². The van der Waals surface area contributed by atoms with Crippen molar-refractivity contribution in [1.29, 1.82) is 0 Å². The van der Waals surface area contributed by atoms with E-state index in [2.05, 4.69) is 22.8 Å². The van der Waals surface area contributed by atoms with E-state index in [0.717, 1.165) is 22.3 Å². The van der Waals surface area contributed by atoms with Crippen molar-refractivity contribution in [3.8, 4) is 11.1 Å². The van der Waals surface area contributed by atoms with Crippen LogP contribution < -0.4 is 10.6 Å². The molecular formula is C24H28N2O6. The molecule has 0 bridgehead atoms. The van der Waals surface area contributed by atoms with Crippen LogP contribution in [0, 0.1) is 0 Å². The highest BCUT2D eigenvalue weighted by Gasteiger charge is 2.29. The van der Waals surface area contributed by atoms with E-state index in [1.54, 1.807) is 7.11 Å². The van der Waals surface area contributed by atoms with E-state index in [0.29, 0.717) is 19.4 Å². The second-order valence-corrected chi connectivity index (χ2v) is 7.59. The molecule has 1 aliphatic rings. The van der Waals surface area contributed by atoms with E-state index in [9.17, 15) is 14.4 Å². The van der Waals surface area contributed by atoms with Gasteiger partial charge in [0.25, 0.3) is 0 Å². The van der Waals surface area contributed by atoms with Gasteiger partial charge in [-0.15, -0.1) is 0 Å². The Balaban J connectivity index is 1.61. The van der Waals surface area contributed by atoms with Gasteiger partial charge in [0.15, 0.2) is 0 Å². The summed E-state index contributed by atoms with van der Waals surface area (Å²) in [5.74, 6) is -1.54. The average Bonchev–Trinajstić information content (AvgIpc) is 3.10. The summed E-state index contributed by atoms with van der Waals surface area (Å²) in [6.07, 6.45) is 0.0120. The third kappa shape index (κ3) is 5.85. The van der Waals surface area contributed by atoms with Crippen molar-refractivity contribution in [1.82, 2.24) is 10.6 Å². The summed E-state index contributed by atoms with van der Waals surface area (Å²) in [6, 6.07) is 15.2. The first kappa shape index (κ1) is 23.3. The molecule has 1 atom stereocenters. The topological polar surface area (TPSA) is 114 Å². The first-order valence-electron chi connectivity index (χ1n) is 10.6. The van der Waals surface area contributed by atoms with E-state index >= 15 is 0 Å². The second kappa shape index (κ2) is 11.3. The predicted octanol–water partition coefficient (Wildman–Crippen LogP) is 2.91. The van der Waals surface area contributed by atoms with Crippen LogP contribution in [0.25, 0.3) is 11.1 Å². The Bertz CT molecular complexity index is 916. The number of benzene rings is 2. The predicted molar refractivity (Wildman–Crippen MR) is 118 cm³/mol. The minimum atomic E-state index is -1.01. The Hall–Kier alpha value is -3.39. The molecule has 32 heavy (non-hydrogen) atoms. The lowest BCUT2D eigenvalue weighted by Gasteiger charge is -2.19. The number of aliphatic carboxylic acids is 1. The van der Waals surface area contributed by atoms with Crippen LogP contribution in [0.2, 0.25) is 0 Å². The number of carbonyl (C=O) groups excluding carboxylic acids is 2. The van der Waals surface area contributed by atoms with E-state index in [4.69, 9.17) is 14.6 Å². The van der Waals surface area contributed by atoms with Gasteiger partial charge in [-0.2, -0.15) is 0 Å². The van der Waals surface area contributed by atoms with Gasteiger partial charge in [0.1, 0.15) is 12.6 Å². The number of carboxylic acid groups (broad SMARTS) is 1. The van der Waals surface area contributed by atoms with E-state index in [1.807, 2.05) is 36.4 Å². The quantitative estimate of drug-likeness (QED) is 0.463. The van der Waals surface area contributed by atoms with Crippen LogP contribution in [0.4, 0.5) is 4.79 Å². The summed E-state index contributed by atoms with van der Waals surface area (Å²) in [7, 11) is 1.56. The summed E-state index contributed by atoms with van der Waals surface area (Å²) in [5, 5.41) is 13.9. The zero-order valence-corrected chi connectivity index (χ0v) is 18.0. The number of fused-ring (bicyclic) bond motifs is 3. The summed E-state index contributed by atoms with van der Waals surface area (Å²) in [6.45, 7) is 0.567. The summed E-state index contributed by atoms with van der Waals surface area (Å²) in [4.78, 5) is 35.6. The monoisotopic (exact) mass is 440 g/mol. The molecule has 3 N–H and O–H groups in total. The van der Waals surface area contributed by atoms with Crippen molar-refractivity contribution >= 4 is 18.0 Å². The molecule has 0 fully saturated rings. The number of amides is 2. The van der Waals surface area contributed by atoms with E-state index in [1.165, 1.54) is 0 Å². The average molecular weight is 440 g/mol. The highest BCUT2D eigenvalue weighted by Crippen LogP contribution is 2.44. The fraction of sp³-hybridized carbons (Fsp3) is 0.375. The number of alkyl carbamates (subject to hydrolysis) is 1. The number of hydrogen-bond acceptors (Lipinski definition) is 5. The minimum absolute atomic E-state index is 0.0126. The molecule has 0 heterocycles. The largest absolute Gasteiger partial charge is 0.481 e. The molecular weight excluding hydrogens is 412 g/mol. The number of methoxy groups -OCH3 is 1. The van der Waals surface area contributed by atoms with Crippen molar-refractivity contribution in [2.24, 2.45) is 0 Å². The maximum absolute atomic E-state index is 12.5. The zero-order valence-electron chi connectivity index (χ0n) is 18.0. The van der Waals surface area contributed by atoms with Crippen molar-refractivity contribution in [2.75, 3.05) is 26.9 Å². The van der Waals surface area contributed by atoms with Gasteiger partial charge in [0, 0.05) is 26.2 Å². The summed E-state index contributed by atoms with van der Waals surface area (Å²) in [5.41, 5.74) is 4.47. The molecule has 8 nitrogen and oxygen atoms in total. The molecule has 8 heteroatoms. The first-order chi connectivity index (χ1) is 15.5. The molecule has 0 radical (unpaired) electrons. The summed E-state index contributed by atoms with van der Waals surface area (Å²) >= 11 is 0. The number of nitrogens with one attached hydrogen (secondary N) is 2. The van der Waals surface area contributed by atoms with Crippen LogP contribution in [0.15, 0.2) is 48.5 Å². The molecule has 170 valence electrons. The lowest BCUT2D eigenvalue weighted by Crippen LogP contribution is -2.47. The van der Waals surface area contributed by atoms with Gasteiger partial charge in [-0.3, -0.25) is 9.59 Å². The molecule has 0 spiro atoms. The Morgan fingerprint density at radius 2 is 1.66 bits per heavy atom. The van der Waals surface area contributed by atoms with Crippen LogP contribution in [0.1, 0.15) is 36.3 Å². The Morgan fingerprint density at radius 1 is 1.03 bits per heavy atom. The number of carboxylic acids is 1. The van der Waals surface area contributed by atoms with Crippen LogP contribution in [0.5, 0.6) is 0 Å². The number of rotatable bonds is 11. The molecule has 1 aliphatic carbocycles. The number of carbonyl (C=O) groups is 3. The first-order valence-corrected chi connectivity index (χ1v) is 10.6. The standard InChI is InChI=1S/C24H28N2O6/c1-31-14-6-11-21(23(29)25-13-12-22(27)28)26-24(30)32-15-20-18-9-4-2-7-16(18)17-8-3-5-10-19(17)20/h2-5,7-10,20-21H,6,11-15H2,1H3,(H,25,29)(H,26,30)(H,27,28). The minimum Gasteiger partial charge on any atom is -0.481 e. The lowest BCUT2D eigenvalue weighted by atomic mass is 9.98.